The average Bonchev–Trinajstić information content (AvgIpc) is 3.12. The summed E-state index contributed by atoms with van der Waals surface area (Å²) in [7, 11) is 0. The molecule has 300 valence electrons. The molecule has 2 N–H and O–H groups in total. The first-order valence-corrected chi connectivity index (χ1v) is 22.2. The van der Waals surface area contributed by atoms with Gasteiger partial charge in [-0.05, 0) is 18.9 Å². The number of ketones is 1. The molecule has 0 spiro atoms. The molecule has 0 saturated carbocycles. The number of hydrogen-bond acceptors (Lipinski definition) is 4. The van der Waals surface area contributed by atoms with Gasteiger partial charge in [0.2, 0.25) is 5.91 Å². The summed E-state index contributed by atoms with van der Waals surface area (Å²) in [5.74, 6) is -4.05. The van der Waals surface area contributed by atoms with Crippen LogP contribution in [-0.2, 0) is 14.4 Å². The molecule has 0 radical (unpaired) electrons. The fraction of sp³-hybridized carbons (Fsp3) is 0.889. The Labute approximate surface area is 316 Å². The summed E-state index contributed by atoms with van der Waals surface area (Å²) in [5, 5.41) is 19.5. The standard InChI is InChI=1S/C45H85NO5/c1-4-7-9-11-13-15-17-19-21-23-25-27-29-31-33-35-37-46(45(51)41(39-44(49)50)42(40-47)43(48)6-3)38-36-34-32-30-28-26-24-22-20-18-16-14-12-10-8-5-2/h6,41-42,47H,3-5,7-40H2,1-2H3,(H,49,50). The van der Waals surface area contributed by atoms with Crippen LogP contribution in [-0.4, -0.2) is 52.5 Å². The molecule has 2 unspecified atom stereocenters. The van der Waals surface area contributed by atoms with Gasteiger partial charge in [-0.1, -0.05) is 213 Å². The highest BCUT2D eigenvalue weighted by molar-refractivity contribution is 5.96. The van der Waals surface area contributed by atoms with Gasteiger partial charge in [0.05, 0.1) is 24.9 Å². The van der Waals surface area contributed by atoms with Crippen LogP contribution in [0, 0.1) is 11.8 Å². The number of hydrogen-bond donors (Lipinski definition) is 2. The maximum absolute atomic E-state index is 13.7. The predicted octanol–water partition coefficient (Wildman–Crippen LogP) is 12.8. The number of allylic oxidation sites excluding steroid dienone is 1. The predicted molar refractivity (Wildman–Crippen MR) is 217 cm³/mol. The minimum absolute atomic E-state index is 0.312. The van der Waals surface area contributed by atoms with Crippen molar-refractivity contribution >= 4 is 17.7 Å². The van der Waals surface area contributed by atoms with Crippen LogP contribution in [0.1, 0.15) is 226 Å². The van der Waals surface area contributed by atoms with E-state index in [0.717, 1.165) is 44.6 Å². The van der Waals surface area contributed by atoms with E-state index in [9.17, 15) is 24.6 Å². The first kappa shape index (κ1) is 49.3. The molecule has 2 atom stereocenters. The van der Waals surface area contributed by atoms with Crippen LogP contribution in [0.4, 0.5) is 0 Å². The number of nitrogens with zero attached hydrogens (tertiary/aromatic N) is 1. The Morgan fingerprint density at radius 1 is 0.490 bits per heavy atom. The van der Waals surface area contributed by atoms with Gasteiger partial charge in [0.25, 0.3) is 0 Å². The van der Waals surface area contributed by atoms with E-state index in [0.29, 0.717) is 13.1 Å². The second-order valence-electron chi connectivity index (χ2n) is 15.5. The minimum Gasteiger partial charge on any atom is -0.481 e. The topological polar surface area (TPSA) is 94.9 Å². The van der Waals surface area contributed by atoms with Gasteiger partial charge in [-0.25, -0.2) is 0 Å². The van der Waals surface area contributed by atoms with Gasteiger partial charge >= 0.3 is 5.97 Å². The van der Waals surface area contributed by atoms with E-state index >= 15 is 0 Å². The van der Waals surface area contributed by atoms with Gasteiger partial charge in [-0.3, -0.25) is 14.4 Å². The van der Waals surface area contributed by atoms with Crippen molar-refractivity contribution < 1.29 is 24.6 Å². The summed E-state index contributed by atoms with van der Waals surface area (Å²) < 4.78 is 0. The zero-order valence-electron chi connectivity index (χ0n) is 34.0. The lowest BCUT2D eigenvalue weighted by Crippen LogP contribution is -2.44. The SMILES string of the molecule is C=CC(=O)C(CO)C(CC(=O)O)C(=O)N(CCCCCCCCCCCCCCCCCC)CCCCCCCCCCCCCCCCCC. The Hall–Kier alpha value is -1.69. The lowest BCUT2D eigenvalue weighted by Gasteiger charge is -2.30. The summed E-state index contributed by atoms with van der Waals surface area (Å²) in [6.45, 7) is 8.65. The number of rotatable bonds is 41. The van der Waals surface area contributed by atoms with Crippen LogP contribution in [0.5, 0.6) is 0 Å². The molecule has 0 aliphatic rings. The molecule has 0 bridgehead atoms. The summed E-state index contributed by atoms with van der Waals surface area (Å²) in [6.07, 6.45) is 41.8. The number of aliphatic hydroxyl groups is 1. The van der Waals surface area contributed by atoms with Crippen LogP contribution in [0.3, 0.4) is 0 Å². The monoisotopic (exact) mass is 720 g/mol. The summed E-state index contributed by atoms with van der Waals surface area (Å²) in [5.41, 5.74) is 0. The number of carbonyl (C=O) groups is 3. The van der Waals surface area contributed by atoms with Gasteiger partial charge in [0, 0.05) is 13.1 Å². The normalized spacial score (nSPS) is 12.5. The fourth-order valence-electron chi connectivity index (χ4n) is 7.42. The highest BCUT2D eigenvalue weighted by atomic mass is 16.4. The number of carbonyl (C=O) groups excluding carboxylic acids is 2. The van der Waals surface area contributed by atoms with E-state index in [1.165, 1.54) is 167 Å². The maximum Gasteiger partial charge on any atom is 0.304 e. The molecule has 0 aromatic rings. The lowest BCUT2D eigenvalue weighted by molar-refractivity contribution is -0.148. The van der Waals surface area contributed by atoms with E-state index in [1.807, 2.05) is 0 Å². The van der Waals surface area contributed by atoms with Crippen molar-refractivity contribution in [3.05, 3.63) is 12.7 Å². The highest BCUT2D eigenvalue weighted by Crippen LogP contribution is 2.23. The molecular weight excluding hydrogens is 634 g/mol. The quantitative estimate of drug-likeness (QED) is 0.0484. The molecular formula is C45H85NO5. The van der Waals surface area contributed by atoms with E-state index < -0.39 is 36.6 Å². The van der Waals surface area contributed by atoms with E-state index in [1.54, 1.807) is 4.90 Å². The Balaban J connectivity index is 4.49. The second-order valence-corrected chi connectivity index (χ2v) is 15.5. The van der Waals surface area contributed by atoms with Crippen molar-refractivity contribution in [1.29, 1.82) is 0 Å². The first-order chi connectivity index (χ1) is 24.9. The highest BCUT2D eigenvalue weighted by Gasteiger charge is 2.36. The zero-order chi connectivity index (χ0) is 37.6. The number of unbranched alkanes of at least 4 members (excludes halogenated alkanes) is 30. The van der Waals surface area contributed by atoms with Crippen molar-refractivity contribution in [3.63, 3.8) is 0 Å². The average molecular weight is 720 g/mol. The molecule has 1 amide bonds. The zero-order valence-corrected chi connectivity index (χ0v) is 34.0. The molecule has 6 heteroatoms. The van der Waals surface area contributed by atoms with E-state index in [-0.39, 0.29) is 5.91 Å². The fourth-order valence-corrected chi connectivity index (χ4v) is 7.42. The number of amides is 1. The molecule has 0 fully saturated rings. The van der Waals surface area contributed by atoms with Crippen molar-refractivity contribution in [2.75, 3.05) is 19.7 Å². The van der Waals surface area contributed by atoms with Gasteiger partial charge in [-0.2, -0.15) is 0 Å². The maximum atomic E-state index is 13.7. The third-order valence-electron chi connectivity index (χ3n) is 10.8. The van der Waals surface area contributed by atoms with E-state index in [4.69, 9.17) is 0 Å². The van der Waals surface area contributed by atoms with Crippen LogP contribution < -0.4 is 0 Å². The van der Waals surface area contributed by atoms with Gasteiger partial charge in [-0.15, -0.1) is 0 Å². The van der Waals surface area contributed by atoms with Crippen LogP contribution >= 0.6 is 0 Å². The number of carboxylic acids is 1. The summed E-state index contributed by atoms with van der Waals surface area (Å²) >= 11 is 0. The van der Waals surface area contributed by atoms with Crippen LogP contribution in [0.25, 0.3) is 0 Å². The largest absolute Gasteiger partial charge is 0.481 e. The first-order valence-electron chi connectivity index (χ1n) is 22.2. The van der Waals surface area contributed by atoms with Gasteiger partial charge < -0.3 is 15.1 Å². The molecule has 51 heavy (non-hydrogen) atoms. The number of aliphatic carboxylic acids is 1. The van der Waals surface area contributed by atoms with Crippen LogP contribution in [0.15, 0.2) is 12.7 Å². The van der Waals surface area contributed by atoms with Crippen molar-refractivity contribution in [2.24, 2.45) is 11.8 Å². The Morgan fingerprint density at radius 3 is 1.00 bits per heavy atom. The molecule has 0 aromatic carbocycles. The van der Waals surface area contributed by atoms with Gasteiger partial charge in [0.15, 0.2) is 5.78 Å². The molecule has 0 aliphatic heterocycles. The smallest absolute Gasteiger partial charge is 0.304 e. The third-order valence-corrected chi connectivity index (χ3v) is 10.8. The third kappa shape index (κ3) is 30.5. The Kier molecular flexibility index (Phi) is 36.8. The lowest BCUT2D eigenvalue weighted by atomic mass is 9.85. The molecule has 0 rings (SSSR count). The summed E-state index contributed by atoms with van der Waals surface area (Å²) in [4.78, 5) is 39.7. The van der Waals surface area contributed by atoms with Gasteiger partial charge in [0.1, 0.15) is 0 Å². The number of aliphatic hydroxyl groups excluding tert-OH is 1. The molecule has 0 aromatic heterocycles. The van der Waals surface area contributed by atoms with Crippen molar-refractivity contribution in [3.8, 4) is 0 Å². The molecule has 0 aliphatic carbocycles. The Bertz CT molecular complexity index is 778. The Morgan fingerprint density at radius 2 is 0.765 bits per heavy atom. The van der Waals surface area contributed by atoms with Crippen molar-refractivity contribution in [1.82, 2.24) is 4.90 Å². The number of carboxylic acid groups (broad SMARTS) is 1. The molecule has 0 saturated heterocycles. The molecule has 6 nitrogen and oxygen atoms in total. The van der Waals surface area contributed by atoms with E-state index in [2.05, 4.69) is 20.4 Å². The van der Waals surface area contributed by atoms with Crippen molar-refractivity contribution in [2.45, 2.75) is 226 Å². The summed E-state index contributed by atoms with van der Waals surface area (Å²) in [6, 6.07) is 0. The minimum atomic E-state index is -1.13. The molecule has 0 heterocycles. The second kappa shape index (κ2) is 38.0. The van der Waals surface area contributed by atoms with Crippen LogP contribution in [0.2, 0.25) is 0 Å².